The van der Waals surface area contributed by atoms with Gasteiger partial charge in [0, 0.05) is 53.2 Å². The standard InChI is InChI=1S/C29H28N4O6/c30-33(18-27(35)31-20-6-8-21(9-7-20)32-12-14-38-15-13-32)11-10-22-23-16-24(29(36)37)25(34)17-26(23)39-28(22)19-4-2-1-3-5-19/h1-11,16-17,34H,12-15,18,30H2,(H,31,35)(H,36,37)/b11-10+. The minimum Gasteiger partial charge on any atom is -0.507 e. The van der Waals surface area contributed by atoms with Crippen LogP contribution in [0.4, 0.5) is 11.4 Å². The predicted octanol–water partition coefficient (Wildman–Crippen LogP) is 4.13. The summed E-state index contributed by atoms with van der Waals surface area (Å²) in [7, 11) is 0. The van der Waals surface area contributed by atoms with Gasteiger partial charge in [0.05, 0.1) is 13.2 Å². The van der Waals surface area contributed by atoms with E-state index < -0.39 is 11.7 Å². The van der Waals surface area contributed by atoms with Gasteiger partial charge >= 0.3 is 5.97 Å². The second-order valence-corrected chi connectivity index (χ2v) is 9.06. The summed E-state index contributed by atoms with van der Waals surface area (Å²) in [6.45, 7) is 2.93. The van der Waals surface area contributed by atoms with E-state index in [9.17, 15) is 19.8 Å². The van der Waals surface area contributed by atoms with Crippen molar-refractivity contribution in [2.24, 2.45) is 5.84 Å². The van der Waals surface area contributed by atoms with E-state index in [0.29, 0.717) is 41.2 Å². The van der Waals surface area contributed by atoms with E-state index in [2.05, 4.69) is 10.2 Å². The van der Waals surface area contributed by atoms with Crippen molar-refractivity contribution in [3.63, 3.8) is 0 Å². The van der Waals surface area contributed by atoms with Gasteiger partial charge in [-0.2, -0.15) is 0 Å². The maximum Gasteiger partial charge on any atom is 0.339 e. The molecule has 2 heterocycles. The third kappa shape index (κ3) is 5.87. The Kier molecular flexibility index (Phi) is 7.48. The lowest BCUT2D eigenvalue weighted by Crippen LogP contribution is -2.36. The Morgan fingerprint density at radius 2 is 1.77 bits per heavy atom. The third-order valence-electron chi connectivity index (χ3n) is 6.40. The number of benzene rings is 3. The molecule has 5 rings (SSSR count). The van der Waals surface area contributed by atoms with Crippen LogP contribution in [0.1, 0.15) is 15.9 Å². The summed E-state index contributed by atoms with van der Waals surface area (Å²) in [5.41, 5.74) is 3.11. The van der Waals surface area contributed by atoms with Gasteiger partial charge in [0.2, 0.25) is 5.91 Å². The number of carboxylic acids is 1. The van der Waals surface area contributed by atoms with Crippen LogP contribution in [0.3, 0.4) is 0 Å². The third-order valence-corrected chi connectivity index (χ3v) is 6.40. The summed E-state index contributed by atoms with van der Waals surface area (Å²) >= 11 is 0. The zero-order chi connectivity index (χ0) is 27.4. The van der Waals surface area contributed by atoms with Crippen molar-refractivity contribution >= 4 is 40.3 Å². The van der Waals surface area contributed by atoms with Crippen molar-refractivity contribution in [3.05, 3.63) is 84.1 Å². The molecule has 0 spiro atoms. The highest BCUT2D eigenvalue weighted by atomic mass is 16.5. The molecular weight excluding hydrogens is 500 g/mol. The summed E-state index contributed by atoms with van der Waals surface area (Å²) in [4.78, 5) is 26.5. The predicted molar refractivity (Wildman–Crippen MR) is 148 cm³/mol. The van der Waals surface area contributed by atoms with Gasteiger partial charge in [-0.1, -0.05) is 30.3 Å². The van der Waals surface area contributed by atoms with Gasteiger partial charge in [-0.25, -0.2) is 10.6 Å². The largest absolute Gasteiger partial charge is 0.507 e. The molecule has 0 aliphatic carbocycles. The molecule has 4 aromatic rings. The van der Waals surface area contributed by atoms with Crippen LogP contribution in [-0.4, -0.2) is 59.9 Å². The minimum atomic E-state index is -1.26. The Bertz CT molecular complexity index is 1510. The van der Waals surface area contributed by atoms with Gasteiger partial charge in [-0.05, 0) is 36.4 Å². The lowest BCUT2D eigenvalue weighted by atomic mass is 10.0. The lowest BCUT2D eigenvalue weighted by Gasteiger charge is -2.28. The number of hydrogen-bond acceptors (Lipinski definition) is 8. The molecule has 0 saturated carbocycles. The molecule has 5 N–H and O–H groups in total. The van der Waals surface area contributed by atoms with Crippen molar-refractivity contribution in [2.75, 3.05) is 43.1 Å². The summed E-state index contributed by atoms with van der Waals surface area (Å²) in [5.74, 6) is 4.62. The first-order valence-corrected chi connectivity index (χ1v) is 12.4. The molecule has 39 heavy (non-hydrogen) atoms. The van der Waals surface area contributed by atoms with Crippen LogP contribution in [-0.2, 0) is 9.53 Å². The number of fused-ring (bicyclic) bond motifs is 1. The monoisotopic (exact) mass is 528 g/mol. The van der Waals surface area contributed by atoms with Gasteiger partial charge < -0.3 is 34.6 Å². The number of amides is 1. The number of hydrazine groups is 1. The van der Waals surface area contributed by atoms with Crippen molar-refractivity contribution in [2.45, 2.75) is 0 Å². The maximum absolute atomic E-state index is 12.6. The van der Waals surface area contributed by atoms with Gasteiger partial charge in [0.25, 0.3) is 0 Å². The highest BCUT2D eigenvalue weighted by Crippen LogP contribution is 2.37. The Hall–Kier alpha value is -4.80. The molecule has 1 aromatic heterocycles. The Morgan fingerprint density at radius 3 is 2.46 bits per heavy atom. The van der Waals surface area contributed by atoms with Crippen molar-refractivity contribution in [3.8, 4) is 17.1 Å². The second kappa shape index (κ2) is 11.3. The molecule has 1 aliphatic heterocycles. The first-order valence-electron chi connectivity index (χ1n) is 12.4. The molecule has 10 nitrogen and oxygen atoms in total. The number of ether oxygens (including phenoxy) is 1. The number of aromatic hydroxyl groups is 1. The number of phenols is 1. The number of nitrogens with one attached hydrogen (secondary N) is 1. The lowest BCUT2D eigenvalue weighted by molar-refractivity contribution is -0.116. The van der Waals surface area contributed by atoms with E-state index in [-0.39, 0.29) is 18.0 Å². The van der Waals surface area contributed by atoms with Crippen molar-refractivity contribution in [1.29, 1.82) is 0 Å². The number of aromatic carboxylic acids is 1. The molecule has 1 saturated heterocycles. The average Bonchev–Trinajstić information content (AvgIpc) is 3.29. The van der Waals surface area contributed by atoms with Crippen LogP contribution < -0.4 is 16.1 Å². The average molecular weight is 529 g/mol. The van der Waals surface area contributed by atoms with Crippen molar-refractivity contribution < 1.29 is 29.0 Å². The topological polar surface area (TPSA) is 142 Å². The van der Waals surface area contributed by atoms with E-state index in [4.69, 9.17) is 15.0 Å². The number of nitrogens with zero attached hydrogens (tertiary/aromatic N) is 2. The molecule has 0 radical (unpaired) electrons. The number of carbonyl (C=O) groups excluding carboxylic acids is 1. The summed E-state index contributed by atoms with van der Waals surface area (Å²) < 4.78 is 11.4. The minimum absolute atomic E-state index is 0.126. The number of hydrogen-bond donors (Lipinski definition) is 4. The molecule has 200 valence electrons. The summed E-state index contributed by atoms with van der Waals surface area (Å²) in [6.07, 6.45) is 3.17. The normalized spacial score (nSPS) is 13.6. The smallest absolute Gasteiger partial charge is 0.339 e. The van der Waals surface area contributed by atoms with Crippen LogP contribution in [0, 0.1) is 0 Å². The van der Waals surface area contributed by atoms with Gasteiger partial charge in [-0.3, -0.25) is 4.79 Å². The number of morpholine rings is 1. The van der Waals surface area contributed by atoms with Gasteiger partial charge in [0.1, 0.15) is 29.2 Å². The highest BCUT2D eigenvalue weighted by molar-refractivity contribution is 6.01. The molecule has 0 atom stereocenters. The van der Waals surface area contributed by atoms with Crippen LogP contribution in [0.15, 0.2) is 77.3 Å². The number of anilines is 2. The number of nitrogens with two attached hydrogens (primary N) is 1. The van der Waals surface area contributed by atoms with Gasteiger partial charge in [0.15, 0.2) is 0 Å². The van der Waals surface area contributed by atoms with E-state index in [1.807, 2.05) is 54.6 Å². The van der Waals surface area contributed by atoms with E-state index in [1.54, 1.807) is 6.08 Å². The van der Waals surface area contributed by atoms with Crippen molar-refractivity contribution in [1.82, 2.24) is 5.01 Å². The van der Waals surface area contributed by atoms with Crippen LogP contribution >= 0.6 is 0 Å². The zero-order valence-electron chi connectivity index (χ0n) is 21.0. The number of carboxylic acid groups (broad SMARTS) is 1. The molecule has 10 heteroatoms. The molecule has 1 fully saturated rings. The maximum atomic E-state index is 12.6. The number of rotatable bonds is 8. The van der Waals surface area contributed by atoms with Crippen LogP contribution in [0.5, 0.6) is 5.75 Å². The fourth-order valence-electron chi connectivity index (χ4n) is 4.46. The Labute approximate surface area is 224 Å². The molecule has 3 aromatic carbocycles. The molecule has 0 unspecified atom stereocenters. The SMILES string of the molecule is NN(/C=C/c1c(-c2ccccc2)oc2cc(O)c(C(=O)O)cc12)CC(=O)Nc1ccc(N2CCOCC2)cc1. The first-order chi connectivity index (χ1) is 18.9. The van der Waals surface area contributed by atoms with Gasteiger partial charge in [-0.15, -0.1) is 0 Å². The molecule has 1 amide bonds. The Morgan fingerprint density at radius 1 is 1.05 bits per heavy atom. The van der Waals surface area contributed by atoms with E-state index in [1.165, 1.54) is 23.3 Å². The van der Waals surface area contributed by atoms with Crippen LogP contribution in [0.2, 0.25) is 0 Å². The number of furan rings is 1. The second-order valence-electron chi connectivity index (χ2n) is 9.06. The quantitative estimate of drug-likeness (QED) is 0.196. The fraction of sp³-hybridized carbons (Fsp3) is 0.172. The molecule has 0 bridgehead atoms. The van der Waals surface area contributed by atoms with E-state index in [0.717, 1.165) is 24.3 Å². The summed E-state index contributed by atoms with van der Waals surface area (Å²) in [5, 5.41) is 24.2. The zero-order valence-corrected chi connectivity index (χ0v) is 21.0. The van der Waals surface area contributed by atoms with E-state index >= 15 is 0 Å². The Balaban J connectivity index is 1.32. The number of carbonyl (C=O) groups is 2. The molecule has 1 aliphatic rings. The highest BCUT2D eigenvalue weighted by Gasteiger charge is 2.19. The first kappa shape index (κ1) is 25.8. The summed E-state index contributed by atoms with van der Waals surface area (Å²) in [6, 6.07) is 19.5. The van der Waals surface area contributed by atoms with Crippen LogP contribution in [0.25, 0.3) is 28.4 Å². The fourth-order valence-corrected chi connectivity index (χ4v) is 4.46. The molecular formula is C29H28N4O6.